The number of aryl methyl sites for hydroxylation is 1. The molecule has 8 heteroatoms. The van der Waals surface area contributed by atoms with Crippen molar-refractivity contribution in [3.63, 3.8) is 0 Å². The molecule has 1 aliphatic rings. The van der Waals surface area contributed by atoms with Crippen LogP contribution in [0.1, 0.15) is 37.5 Å². The summed E-state index contributed by atoms with van der Waals surface area (Å²) >= 11 is 0. The minimum absolute atomic E-state index is 0.105. The maximum absolute atomic E-state index is 12.0. The van der Waals surface area contributed by atoms with Gasteiger partial charge in [0, 0.05) is 12.7 Å². The van der Waals surface area contributed by atoms with Crippen molar-refractivity contribution in [3.05, 3.63) is 28.2 Å². The van der Waals surface area contributed by atoms with Gasteiger partial charge in [-0.25, -0.2) is 4.68 Å². The van der Waals surface area contributed by atoms with Gasteiger partial charge in [0.15, 0.2) is 6.23 Å². The fourth-order valence-corrected chi connectivity index (χ4v) is 2.63. The highest BCUT2D eigenvalue weighted by Crippen LogP contribution is 2.19. The van der Waals surface area contributed by atoms with Gasteiger partial charge in [-0.05, 0) is 37.7 Å². The van der Waals surface area contributed by atoms with Gasteiger partial charge in [0.2, 0.25) is 0 Å². The molecule has 7 nitrogen and oxygen atoms in total. The van der Waals surface area contributed by atoms with Crippen LogP contribution in [0.15, 0.2) is 17.1 Å². The van der Waals surface area contributed by atoms with E-state index in [2.05, 4.69) is 9.28 Å². The predicted octanol–water partition coefficient (Wildman–Crippen LogP) is 0.851. The van der Waals surface area contributed by atoms with E-state index in [1.54, 1.807) is 6.20 Å². The Morgan fingerprint density at radius 2 is 2.29 bits per heavy atom. The van der Waals surface area contributed by atoms with Crippen molar-refractivity contribution in [3.8, 4) is 0 Å². The van der Waals surface area contributed by atoms with Gasteiger partial charge in [0.25, 0.3) is 15.7 Å². The number of rotatable bonds is 6. The van der Waals surface area contributed by atoms with E-state index in [1.807, 2.05) is 0 Å². The van der Waals surface area contributed by atoms with Crippen molar-refractivity contribution in [2.75, 3.05) is 19.5 Å². The fraction of sp³-hybridized carbons (Fsp3) is 0.692. The van der Waals surface area contributed by atoms with E-state index < -0.39 is 10.1 Å². The van der Waals surface area contributed by atoms with Crippen LogP contribution in [-0.2, 0) is 25.5 Å². The first-order valence-corrected chi connectivity index (χ1v) is 8.81. The van der Waals surface area contributed by atoms with Crippen molar-refractivity contribution in [1.82, 2.24) is 9.78 Å². The largest absolute Gasteiger partial charge is 0.356 e. The highest BCUT2D eigenvalue weighted by atomic mass is 32.2. The molecule has 21 heavy (non-hydrogen) atoms. The first-order valence-electron chi connectivity index (χ1n) is 6.99. The molecule has 0 aliphatic carbocycles. The molecule has 1 fully saturated rings. The fourth-order valence-electron chi connectivity index (χ4n) is 2.21. The summed E-state index contributed by atoms with van der Waals surface area (Å²) in [6.45, 7) is 0.761. The van der Waals surface area contributed by atoms with Gasteiger partial charge in [0.1, 0.15) is 0 Å². The molecule has 0 N–H and O–H groups in total. The molecule has 1 saturated heterocycles. The zero-order valence-electron chi connectivity index (χ0n) is 12.0. The van der Waals surface area contributed by atoms with Crippen molar-refractivity contribution in [2.45, 2.75) is 38.3 Å². The molecule has 1 aromatic heterocycles. The molecule has 0 amide bonds. The Hall–Kier alpha value is -1.25. The SMILES string of the molecule is CS(=O)(=O)OCCCc1cnn(C2CCCCO2)c(=O)c1. The second-order valence-electron chi connectivity index (χ2n) is 5.10. The Kier molecular flexibility index (Phi) is 5.49. The van der Waals surface area contributed by atoms with Crippen LogP contribution in [0, 0.1) is 0 Å². The smallest absolute Gasteiger partial charge is 0.269 e. The zero-order valence-corrected chi connectivity index (χ0v) is 12.8. The van der Waals surface area contributed by atoms with E-state index in [1.165, 1.54) is 10.7 Å². The van der Waals surface area contributed by atoms with Crippen LogP contribution >= 0.6 is 0 Å². The molecule has 1 aliphatic heterocycles. The molecular formula is C13H20N2O5S. The molecule has 1 atom stereocenters. The first-order chi connectivity index (χ1) is 9.96. The topological polar surface area (TPSA) is 87.5 Å². The molecule has 2 rings (SSSR count). The monoisotopic (exact) mass is 316 g/mol. The number of ether oxygens (including phenoxy) is 1. The molecule has 0 radical (unpaired) electrons. The lowest BCUT2D eigenvalue weighted by atomic mass is 10.1. The summed E-state index contributed by atoms with van der Waals surface area (Å²) < 4.78 is 33.2. The van der Waals surface area contributed by atoms with Crippen LogP contribution in [0.5, 0.6) is 0 Å². The van der Waals surface area contributed by atoms with E-state index >= 15 is 0 Å². The van der Waals surface area contributed by atoms with Gasteiger partial charge in [-0.15, -0.1) is 0 Å². The Labute approximate surface area is 124 Å². The van der Waals surface area contributed by atoms with Crippen LogP contribution in [0.2, 0.25) is 0 Å². The third kappa shape index (κ3) is 5.22. The molecule has 0 spiro atoms. The lowest BCUT2D eigenvalue weighted by molar-refractivity contribution is -0.0425. The van der Waals surface area contributed by atoms with Gasteiger partial charge in [-0.3, -0.25) is 8.98 Å². The van der Waals surface area contributed by atoms with Gasteiger partial charge in [0.05, 0.1) is 19.1 Å². The Morgan fingerprint density at radius 3 is 2.90 bits per heavy atom. The van der Waals surface area contributed by atoms with Crippen molar-refractivity contribution < 1.29 is 17.3 Å². The summed E-state index contributed by atoms with van der Waals surface area (Å²) in [5.41, 5.74) is 0.576. The van der Waals surface area contributed by atoms with E-state index in [4.69, 9.17) is 4.74 Å². The molecule has 118 valence electrons. The molecule has 0 bridgehead atoms. The van der Waals surface area contributed by atoms with E-state index in [-0.39, 0.29) is 18.4 Å². The van der Waals surface area contributed by atoms with E-state index in [0.717, 1.165) is 31.1 Å². The molecule has 2 heterocycles. The molecule has 1 aromatic rings. The molecular weight excluding hydrogens is 296 g/mol. The third-order valence-corrected chi connectivity index (χ3v) is 3.81. The number of hydrogen-bond donors (Lipinski definition) is 0. The highest BCUT2D eigenvalue weighted by Gasteiger charge is 2.17. The number of hydrogen-bond acceptors (Lipinski definition) is 6. The summed E-state index contributed by atoms with van der Waals surface area (Å²) in [6.07, 6.45) is 6.28. The molecule has 0 saturated carbocycles. The Balaban J connectivity index is 1.91. The van der Waals surface area contributed by atoms with Gasteiger partial charge in [-0.2, -0.15) is 13.5 Å². The third-order valence-electron chi connectivity index (χ3n) is 3.22. The summed E-state index contributed by atoms with van der Waals surface area (Å²) in [5, 5.41) is 4.15. The molecule has 1 unspecified atom stereocenters. The average molecular weight is 316 g/mol. The summed E-state index contributed by atoms with van der Waals surface area (Å²) in [4.78, 5) is 12.0. The first kappa shape index (κ1) is 16.1. The average Bonchev–Trinajstić information content (AvgIpc) is 2.44. The Bertz CT molecular complexity index is 620. The Morgan fingerprint density at radius 1 is 1.48 bits per heavy atom. The minimum Gasteiger partial charge on any atom is -0.356 e. The summed E-state index contributed by atoms with van der Waals surface area (Å²) in [5.74, 6) is 0. The second-order valence-corrected chi connectivity index (χ2v) is 6.74. The van der Waals surface area contributed by atoms with E-state index in [0.29, 0.717) is 19.4 Å². The van der Waals surface area contributed by atoms with Crippen LogP contribution in [-0.4, -0.2) is 37.7 Å². The van der Waals surface area contributed by atoms with Gasteiger partial charge >= 0.3 is 0 Å². The van der Waals surface area contributed by atoms with Crippen molar-refractivity contribution >= 4 is 10.1 Å². The quantitative estimate of drug-likeness (QED) is 0.571. The summed E-state index contributed by atoms with van der Waals surface area (Å²) in [6, 6.07) is 1.52. The lowest BCUT2D eigenvalue weighted by Crippen LogP contribution is -2.30. The lowest BCUT2D eigenvalue weighted by Gasteiger charge is -2.23. The standard InChI is InChI=1S/C13H20N2O5S/c1-21(17,18)20-8-4-5-11-9-12(16)15(14-10-11)13-6-2-3-7-19-13/h9-10,13H,2-8H2,1H3. The predicted molar refractivity (Wildman–Crippen MR) is 76.5 cm³/mol. The second kappa shape index (κ2) is 7.15. The number of aromatic nitrogens is 2. The van der Waals surface area contributed by atoms with Crippen LogP contribution < -0.4 is 5.56 Å². The normalized spacial score (nSPS) is 19.6. The zero-order chi connectivity index (χ0) is 15.3. The van der Waals surface area contributed by atoms with Crippen LogP contribution in [0.3, 0.4) is 0 Å². The number of nitrogens with zero attached hydrogens (tertiary/aromatic N) is 2. The van der Waals surface area contributed by atoms with Crippen molar-refractivity contribution in [1.29, 1.82) is 0 Å². The van der Waals surface area contributed by atoms with Gasteiger partial charge in [-0.1, -0.05) is 0 Å². The van der Waals surface area contributed by atoms with Gasteiger partial charge < -0.3 is 4.74 Å². The van der Waals surface area contributed by atoms with Crippen LogP contribution in [0.25, 0.3) is 0 Å². The minimum atomic E-state index is -3.41. The maximum Gasteiger partial charge on any atom is 0.269 e. The summed E-state index contributed by atoms with van der Waals surface area (Å²) in [7, 11) is -3.41. The maximum atomic E-state index is 12.0. The van der Waals surface area contributed by atoms with E-state index in [9.17, 15) is 13.2 Å². The van der Waals surface area contributed by atoms with Crippen molar-refractivity contribution in [2.24, 2.45) is 0 Å². The highest BCUT2D eigenvalue weighted by molar-refractivity contribution is 7.85. The van der Waals surface area contributed by atoms with Crippen LogP contribution in [0.4, 0.5) is 0 Å². The molecule has 0 aromatic carbocycles.